The molecule has 5 nitrogen and oxygen atoms in total. The molecule has 108 valence electrons. The van der Waals surface area contributed by atoms with Crippen LogP contribution >= 0.6 is 0 Å². The Bertz CT molecular complexity index is 822. The third-order valence-electron chi connectivity index (χ3n) is 2.96. The van der Waals surface area contributed by atoms with E-state index in [0.29, 0.717) is 22.6 Å². The highest BCUT2D eigenvalue weighted by Crippen LogP contribution is 2.32. The fourth-order valence-electron chi connectivity index (χ4n) is 2.02. The van der Waals surface area contributed by atoms with Gasteiger partial charge in [0, 0.05) is 11.6 Å². The minimum absolute atomic E-state index is 0.202. The van der Waals surface area contributed by atoms with E-state index in [1.165, 1.54) is 28.9 Å². The third kappa shape index (κ3) is 2.35. The van der Waals surface area contributed by atoms with Crippen LogP contribution in [0.25, 0.3) is 16.9 Å². The zero-order chi connectivity index (χ0) is 15.2. The average Bonchev–Trinajstić information content (AvgIpc) is 2.82. The number of fused-ring (bicyclic) bond motifs is 1. The molecule has 3 rings (SSSR count). The summed E-state index contributed by atoms with van der Waals surface area (Å²) in [5, 5.41) is 3.98. The summed E-state index contributed by atoms with van der Waals surface area (Å²) in [6, 6.07) is 6.34. The largest absolute Gasteiger partial charge is 0.416 e. The lowest BCUT2D eigenvalue weighted by Crippen LogP contribution is -2.04. The monoisotopic (exact) mass is 293 g/mol. The minimum Gasteiger partial charge on any atom is -0.396 e. The molecule has 0 radical (unpaired) electrons. The number of benzene rings is 1. The van der Waals surface area contributed by atoms with Gasteiger partial charge in [-0.3, -0.25) is 0 Å². The average molecular weight is 293 g/mol. The van der Waals surface area contributed by atoms with Gasteiger partial charge >= 0.3 is 6.18 Å². The molecule has 21 heavy (non-hydrogen) atoms. The summed E-state index contributed by atoms with van der Waals surface area (Å²) >= 11 is 0. The quantitative estimate of drug-likeness (QED) is 0.722. The molecule has 0 aliphatic rings. The lowest BCUT2D eigenvalue weighted by molar-refractivity contribution is -0.137. The van der Waals surface area contributed by atoms with E-state index in [1.54, 1.807) is 0 Å². The Kier molecular flexibility index (Phi) is 2.75. The van der Waals surface area contributed by atoms with Crippen molar-refractivity contribution in [2.75, 3.05) is 11.5 Å². The van der Waals surface area contributed by atoms with E-state index in [4.69, 9.17) is 11.5 Å². The summed E-state index contributed by atoms with van der Waals surface area (Å²) in [6.45, 7) is 0. The maximum absolute atomic E-state index is 12.7. The number of imidazole rings is 1. The van der Waals surface area contributed by atoms with E-state index in [9.17, 15) is 13.2 Å². The van der Waals surface area contributed by atoms with Crippen LogP contribution in [0.1, 0.15) is 5.56 Å². The molecule has 1 aromatic carbocycles. The Morgan fingerprint density at radius 3 is 2.57 bits per heavy atom. The van der Waals surface area contributed by atoms with E-state index in [2.05, 4.69) is 10.1 Å². The summed E-state index contributed by atoms with van der Waals surface area (Å²) in [6.07, 6.45) is -2.92. The summed E-state index contributed by atoms with van der Waals surface area (Å²) < 4.78 is 39.5. The smallest absolute Gasteiger partial charge is 0.396 e. The summed E-state index contributed by atoms with van der Waals surface area (Å²) in [4.78, 5) is 4.20. The van der Waals surface area contributed by atoms with Crippen LogP contribution in [0.2, 0.25) is 0 Å². The van der Waals surface area contributed by atoms with Crippen LogP contribution in [0.3, 0.4) is 0 Å². The summed E-state index contributed by atoms with van der Waals surface area (Å²) in [5.41, 5.74) is 11.9. The molecule has 0 amide bonds. The van der Waals surface area contributed by atoms with Crippen LogP contribution in [0.15, 0.2) is 36.5 Å². The molecule has 0 aliphatic carbocycles. The second-order valence-corrected chi connectivity index (χ2v) is 4.50. The molecule has 8 heteroatoms. The second kappa shape index (κ2) is 4.37. The van der Waals surface area contributed by atoms with Crippen molar-refractivity contribution in [1.82, 2.24) is 14.6 Å². The fourth-order valence-corrected chi connectivity index (χ4v) is 2.02. The van der Waals surface area contributed by atoms with Gasteiger partial charge in [-0.2, -0.15) is 13.2 Å². The van der Waals surface area contributed by atoms with Gasteiger partial charge in [-0.1, -0.05) is 12.1 Å². The van der Waals surface area contributed by atoms with E-state index in [0.717, 1.165) is 12.1 Å². The molecular weight excluding hydrogens is 283 g/mol. The van der Waals surface area contributed by atoms with Crippen LogP contribution in [-0.2, 0) is 6.18 Å². The van der Waals surface area contributed by atoms with Gasteiger partial charge in [0.25, 0.3) is 0 Å². The maximum atomic E-state index is 12.7. The topological polar surface area (TPSA) is 82.2 Å². The molecule has 0 unspecified atom stereocenters. The first kappa shape index (κ1) is 13.2. The molecule has 2 aromatic heterocycles. The number of hydrogen-bond acceptors (Lipinski definition) is 4. The Labute approximate surface area is 117 Å². The summed E-state index contributed by atoms with van der Waals surface area (Å²) in [7, 11) is 0. The first-order valence-corrected chi connectivity index (χ1v) is 5.93. The van der Waals surface area contributed by atoms with Crippen molar-refractivity contribution in [2.24, 2.45) is 0 Å². The Hall–Kier alpha value is -2.77. The standard InChI is InChI=1S/C13H10F3N5/c14-13(15,16)8-3-1-2-7(4-8)10-6-21-12(19-10)9(17)5-11(18)20-21/h1-6H,17H2,(H2,18,20). The zero-order valence-electron chi connectivity index (χ0n) is 10.6. The SMILES string of the molecule is Nc1cc(N)c2nc(-c3cccc(C(F)(F)F)c3)cn2n1. The predicted molar refractivity (Wildman–Crippen MR) is 72.2 cm³/mol. The minimum atomic E-state index is -4.41. The van der Waals surface area contributed by atoms with Crippen LogP contribution in [0.5, 0.6) is 0 Å². The van der Waals surface area contributed by atoms with E-state index in [-0.39, 0.29) is 5.82 Å². The third-order valence-corrected chi connectivity index (χ3v) is 2.96. The highest BCUT2D eigenvalue weighted by Gasteiger charge is 2.30. The zero-order valence-corrected chi connectivity index (χ0v) is 10.6. The Morgan fingerprint density at radius 2 is 1.86 bits per heavy atom. The van der Waals surface area contributed by atoms with Gasteiger partial charge in [-0.05, 0) is 12.1 Å². The summed E-state index contributed by atoms with van der Waals surface area (Å²) in [5.74, 6) is 0.202. The molecule has 0 spiro atoms. The first-order valence-electron chi connectivity index (χ1n) is 5.93. The van der Waals surface area contributed by atoms with E-state index >= 15 is 0 Å². The Morgan fingerprint density at radius 1 is 1.10 bits per heavy atom. The molecule has 3 aromatic rings. The van der Waals surface area contributed by atoms with Gasteiger partial charge in [0.1, 0.15) is 5.82 Å². The van der Waals surface area contributed by atoms with E-state index < -0.39 is 11.7 Å². The van der Waals surface area contributed by atoms with Crippen LogP contribution in [0, 0.1) is 0 Å². The lowest BCUT2D eigenvalue weighted by Gasteiger charge is -2.07. The van der Waals surface area contributed by atoms with Gasteiger partial charge in [0.2, 0.25) is 0 Å². The lowest BCUT2D eigenvalue weighted by atomic mass is 10.1. The number of alkyl halides is 3. The van der Waals surface area contributed by atoms with Crippen molar-refractivity contribution >= 4 is 17.2 Å². The number of nitrogens with two attached hydrogens (primary N) is 2. The highest BCUT2D eigenvalue weighted by molar-refractivity contribution is 5.72. The molecule has 0 fully saturated rings. The number of nitrogens with zero attached hydrogens (tertiary/aromatic N) is 3. The number of halogens is 3. The van der Waals surface area contributed by atoms with Crippen LogP contribution < -0.4 is 11.5 Å². The molecule has 2 heterocycles. The van der Waals surface area contributed by atoms with Crippen molar-refractivity contribution in [1.29, 1.82) is 0 Å². The maximum Gasteiger partial charge on any atom is 0.416 e. The van der Waals surface area contributed by atoms with Gasteiger partial charge in [-0.25, -0.2) is 9.50 Å². The van der Waals surface area contributed by atoms with E-state index in [1.807, 2.05) is 0 Å². The van der Waals surface area contributed by atoms with Crippen molar-refractivity contribution in [3.05, 3.63) is 42.1 Å². The first-order chi connectivity index (χ1) is 9.84. The van der Waals surface area contributed by atoms with Gasteiger partial charge < -0.3 is 11.5 Å². The van der Waals surface area contributed by atoms with Gasteiger partial charge in [0.05, 0.1) is 23.1 Å². The van der Waals surface area contributed by atoms with Crippen LogP contribution in [0.4, 0.5) is 24.7 Å². The van der Waals surface area contributed by atoms with Crippen molar-refractivity contribution in [2.45, 2.75) is 6.18 Å². The number of hydrogen-bond donors (Lipinski definition) is 2. The molecule has 0 atom stereocenters. The van der Waals surface area contributed by atoms with Crippen LogP contribution in [-0.4, -0.2) is 14.6 Å². The molecule has 4 N–H and O–H groups in total. The second-order valence-electron chi connectivity index (χ2n) is 4.50. The number of nitrogen functional groups attached to an aromatic ring is 2. The molecule has 0 saturated carbocycles. The number of anilines is 2. The van der Waals surface area contributed by atoms with Crippen molar-refractivity contribution in [3.8, 4) is 11.3 Å². The highest BCUT2D eigenvalue weighted by atomic mass is 19.4. The molecular formula is C13H10F3N5. The molecule has 0 bridgehead atoms. The van der Waals surface area contributed by atoms with Gasteiger partial charge in [-0.15, -0.1) is 5.10 Å². The normalized spacial score (nSPS) is 12.0. The number of aromatic nitrogens is 3. The Balaban J connectivity index is 2.15. The van der Waals surface area contributed by atoms with Crippen molar-refractivity contribution < 1.29 is 13.2 Å². The fraction of sp³-hybridized carbons (Fsp3) is 0.0769. The molecule has 0 saturated heterocycles. The predicted octanol–water partition coefficient (Wildman–Crippen LogP) is 2.58. The molecule has 0 aliphatic heterocycles. The van der Waals surface area contributed by atoms with Gasteiger partial charge in [0.15, 0.2) is 5.65 Å². The number of rotatable bonds is 1. The van der Waals surface area contributed by atoms with Crippen molar-refractivity contribution in [3.63, 3.8) is 0 Å².